The molecule has 0 aromatic heterocycles. The molecule has 1 atom stereocenters. The second-order valence-electron chi connectivity index (χ2n) is 7.31. The van der Waals surface area contributed by atoms with E-state index in [0.29, 0.717) is 26.1 Å². The Morgan fingerprint density at radius 1 is 1.17 bits per heavy atom. The van der Waals surface area contributed by atoms with Gasteiger partial charge in [-0.2, -0.15) is 0 Å². The van der Waals surface area contributed by atoms with Crippen LogP contribution >= 0.6 is 0 Å². The summed E-state index contributed by atoms with van der Waals surface area (Å²) in [6, 6.07) is 17.1. The zero-order valence-corrected chi connectivity index (χ0v) is 17.1. The summed E-state index contributed by atoms with van der Waals surface area (Å²) in [5.41, 5.74) is 1.92. The van der Waals surface area contributed by atoms with Gasteiger partial charge in [-0.15, -0.1) is 0 Å². The summed E-state index contributed by atoms with van der Waals surface area (Å²) in [5, 5.41) is 3.06. The Labute approximate surface area is 172 Å². The van der Waals surface area contributed by atoms with Gasteiger partial charge in [0.15, 0.2) is 0 Å². The van der Waals surface area contributed by atoms with E-state index in [1.807, 2.05) is 59.5 Å². The first-order valence-corrected chi connectivity index (χ1v) is 10.1. The average molecular weight is 396 g/mol. The summed E-state index contributed by atoms with van der Waals surface area (Å²) in [6.45, 7) is 3.85. The van der Waals surface area contributed by atoms with Crippen LogP contribution < -0.4 is 15.0 Å². The molecule has 0 spiro atoms. The van der Waals surface area contributed by atoms with Crippen molar-refractivity contribution in [1.29, 1.82) is 0 Å². The van der Waals surface area contributed by atoms with Crippen LogP contribution in [0, 0.1) is 0 Å². The quantitative estimate of drug-likeness (QED) is 0.739. The molecule has 1 aliphatic heterocycles. The topological polar surface area (TPSA) is 61.9 Å². The Morgan fingerprint density at radius 3 is 2.55 bits per heavy atom. The van der Waals surface area contributed by atoms with Crippen molar-refractivity contribution in [1.82, 2.24) is 10.2 Å². The molecule has 3 amide bonds. The fourth-order valence-electron chi connectivity index (χ4n) is 3.49. The number of anilines is 1. The number of ether oxygens (including phenoxy) is 1. The third-order valence-corrected chi connectivity index (χ3v) is 5.12. The van der Waals surface area contributed by atoms with Crippen molar-refractivity contribution in [2.75, 3.05) is 25.1 Å². The number of urea groups is 1. The molecular weight excluding hydrogens is 366 g/mol. The van der Waals surface area contributed by atoms with E-state index in [0.717, 1.165) is 29.8 Å². The Bertz CT molecular complexity index is 808. The molecule has 6 heteroatoms. The Balaban J connectivity index is 1.62. The molecule has 2 aromatic carbocycles. The number of carbonyl (C=O) groups excluding carboxylic acids is 2. The van der Waals surface area contributed by atoms with Crippen molar-refractivity contribution < 1.29 is 14.3 Å². The van der Waals surface area contributed by atoms with E-state index in [9.17, 15) is 9.59 Å². The van der Waals surface area contributed by atoms with Crippen LogP contribution in [0.15, 0.2) is 54.6 Å². The number of carbonyl (C=O) groups is 2. The van der Waals surface area contributed by atoms with Crippen molar-refractivity contribution in [3.05, 3.63) is 60.2 Å². The van der Waals surface area contributed by atoms with Crippen LogP contribution in [0.25, 0.3) is 0 Å². The maximum atomic E-state index is 12.9. The number of hydrogen-bond acceptors (Lipinski definition) is 3. The van der Waals surface area contributed by atoms with E-state index in [-0.39, 0.29) is 18.0 Å². The summed E-state index contributed by atoms with van der Waals surface area (Å²) in [6.07, 6.45) is 2.28. The van der Waals surface area contributed by atoms with Gasteiger partial charge in [0.2, 0.25) is 5.91 Å². The van der Waals surface area contributed by atoms with Gasteiger partial charge >= 0.3 is 6.03 Å². The third kappa shape index (κ3) is 5.50. The zero-order chi connectivity index (χ0) is 20.6. The highest BCUT2D eigenvalue weighted by atomic mass is 16.5. The number of unbranched alkanes of at least 4 members (excludes halogenated alkanes) is 1. The molecular formula is C23H29N3O3. The second-order valence-corrected chi connectivity index (χ2v) is 7.31. The van der Waals surface area contributed by atoms with Gasteiger partial charge in [0.05, 0.1) is 13.2 Å². The predicted octanol–water partition coefficient (Wildman–Crippen LogP) is 3.81. The highest BCUT2D eigenvalue weighted by molar-refractivity contribution is 5.96. The lowest BCUT2D eigenvalue weighted by molar-refractivity contribution is -0.117. The first kappa shape index (κ1) is 20.7. The van der Waals surface area contributed by atoms with Crippen molar-refractivity contribution in [2.45, 2.75) is 38.8 Å². The van der Waals surface area contributed by atoms with Gasteiger partial charge in [0.25, 0.3) is 0 Å². The lowest BCUT2D eigenvalue weighted by Crippen LogP contribution is -2.45. The summed E-state index contributed by atoms with van der Waals surface area (Å²) in [5.74, 6) is 0.765. The first-order valence-electron chi connectivity index (χ1n) is 10.1. The fourth-order valence-corrected chi connectivity index (χ4v) is 3.49. The highest BCUT2D eigenvalue weighted by Gasteiger charge is 2.32. The monoisotopic (exact) mass is 395 g/mol. The molecule has 1 N–H and O–H groups in total. The van der Waals surface area contributed by atoms with E-state index in [1.54, 1.807) is 12.0 Å². The Hall–Kier alpha value is -3.02. The number of benzene rings is 2. The molecule has 1 heterocycles. The summed E-state index contributed by atoms with van der Waals surface area (Å²) in [7, 11) is 1.61. The van der Waals surface area contributed by atoms with E-state index < -0.39 is 0 Å². The number of methoxy groups -OCH3 is 1. The lowest BCUT2D eigenvalue weighted by atomic mass is 10.2. The van der Waals surface area contributed by atoms with Gasteiger partial charge in [0.1, 0.15) is 5.75 Å². The maximum Gasteiger partial charge on any atom is 0.317 e. The van der Waals surface area contributed by atoms with Crippen LogP contribution in [0.2, 0.25) is 0 Å². The number of amides is 3. The highest BCUT2D eigenvalue weighted by Crippen LogP contribution is 2.24. The molecule has 6 nitrogen and oxygen atoms in total. The zero-order valence-electron chi connectivity index (χ0n) is 17.1. The molecule has 2 aromatic rings. The van der Waals surface area contributed by atoms with Crippen LogP contribution in [0.3, 0.4) is 0 Å². The summed E-state index contributed by atoms with van der Waals surface area (Å²) >= 11 is 0. The maximum absolute atomic E-state index is 12.9. The molecule has 0 unspecified atom stereocenters. The van der Waals surface area contributed by atoms with Gasteiger partial charge in [0, 0.05) is 31.7 Å². The van der Waals surface area contributed by atoms with E-state index >= 15 is 0 Å². The van der Waals surface area contributed by atoms with Crippen LogP contribution in [-0.2, 0) is 11.3 Å². The predicted molar refractivity (Wildman–Crippen MR) is 114 cm³/mol. The Kier molecular flexibility index (Phi) is 7.11. The van der Waals surface area contributed by atoms with Gasteiger partial charge in [-0.1, -0.05) is 43.7 Å². The van der Waals surface area contributed by atoms with Crippen LogP contribution in [0.1, 0.15) is 31.7 Å². The molecule has 154 valence electrons. The smallest absolute Gasteiger partial charge is 0.317 e. The molecule has 0 saturated carbocycles. The van der Waals surface area contributed by atoms with E-state index in [1.165, 1.54) is 0 Å². The largest absolute Gasteiger partial charge is 0.497 e. The van der Waals surface area contributed by atoms with E-state index in [2.05, 4.69) is 12.2 Å². The van der Waals surface area contributed by atoms with Gasteiger partial charge in [-0.25, -0.2) is 4.79 Å². The van der Waals surface area contributed by atoms with Crippen molar-refractivity contribution in [2.24, 2.45) is 0 Å². The SMILES string of the molecule is CCCCN(Cc1ccccc1)C(=O)N[C@@H]1CC(=O)N(c2ccc(OC)cc2)C1. The minimum atomic E-state index is -0.197. The standard InChI is InChI=1S/C23H29N3O3/c1-3-4-14-25(16-18-8-6-5-7-9-18)23(28)24-19-15-22(27)26(17-19)20-10-12-21(29-2)13-11-20/h5-13,19H,3-4,14-17H2,1-2H3,(H,24,28)/t19-/m1/s1. The molecule has 1 saturated heterocycles. The number of rotatable bonds is 8. The van der Waals surface area contributed by atoms with Gasteiger partial charge in [-0.05, 0) is 36.2 Å². The molecule has 1 fully saturated rings. The van der Waals surface area contributed by atoms with Crippen molar-refractivity contribution in [3.63, 3.8) is 0 Å². The van der Waals surface area contributed by atoms with Gasteiger partial charge in [-0.3, -0.25) is 4.79 Å². The van der Waals surface area contributed by atoms with E-state index in [4.69, 9.17) is 4.74 Å². The van der Waals surface area contributed by atoms with Crippen LogP contribution in [-0.4, -0.2) is 43.1 Å². The molecule has 0 aliphatic carbocycles. The first-order chi connectivity index (χ1) is 14.1. The third-order valence-electron chi connectivity index (χ3n) is 5.12. The normalized spacial score (nSPS) is 16.0. The average Bonchev–Trinajstić information content (AvgIpc) is 3.11. The molecule has 29 heavy (non-hydrogen) atoms. The number of hydrogen-bond donors (Lipinski definition) is 1. The number of nitrogens with one attached hydrogen (secondary N) is 1. The lowest BCUT2D eigenvalue weighted by Gasteiger charge is -2.25. The molecule has 0 radical (unpaired) electrons. The minimum absolute atomic E-state index is 0.0173. The molecule has 1 aliphatic rings. The number of nitrogens with zero attached hydrogens (tertiary/aromatic N) is 2. The second kappa shape index (κ2) is 9.96. The minimum Gasteiger partial charge on any atom is -0.497 e. The summed E-state index contributed by atoms with van der Waals surface area (Å²) in [4.78, 5) is 28.9. The summed E-state index contributed by atoms with van der Waals surface area (Å²) < 4.78 is 5.17. The molecule has 0 bridgehead atoms. The van der Waals surface area contributed by atoms with Crippen molar-refractivity contribution >= 4 is 17.6 Å². The molecule has 3 rings (SSSR count). The fraction of sp³-hybridized carbons (Fsp3) is 0.391. The Morgan fingerprint density at radius 2 is 1.90 bits per heavy atom. The van der Waals surface area contributed by atoms with Gasteiger partial charge < -0.3 is 19.9 Å². The van der Waals surface area contributed by atoms with Crippen LogP contribution in [0.5, 0.6) is 5.75 Å². The van der Waals surface area contributed by atoms with Crippen molar-refractivity contribution in [3.8, 4) is 5.75 Å². The van der Waals surface area contributed by atoms with Crippen LogP contribution in [0.4, 0.5) is 10.5 Å².